The summed E-state index contributed by atoms with van der Waals surface area (Å²) in [5.41, 5.74) is 11.3. The van der Waals surface area contributed by atoms with Crippen LogP contribution in [-0.4, -0.2) is 39.7 Å². The molecule has 63 heavy (non-hydrogen) atoms. The number of carbonyl (C=O) groups is 2. The Kier molecular flexibility index (Phi) is 11.9. The molecule has 4 aliphatic rings. The summed E-state index contributed by atoms with van der Waals surface area (Å²) in [7, 11) is 3.21. The van der Waals surface area contributed by atoms with Gasteiger partial charge in [0.05, 0.1) is 29.6 Å². The van der Waals surface area contributed by atoms with Crippen LogP contribution in [0.15, 0.2) is 58.5 Å². The minimum atomic E-state index is -0.434. The molecule has 4 aromatic rings. The highest BCUT2D eigenvalue weighted by Gasteiger charge is 2.45. The van der Waals surface area contributed by atoms with Crippen molar-refractivity contribution in [1.82, 2.24) is 15.6 Å². The number of halogens is 1. The molecular weight excluding hydrogens is 866 g/mol. The maximum atomic E-state index is 16.8. The van der Waals surface area contributed by atoms with E-state index in [9.17, 15) is 9.59 Å². The molecular formula is C51H54FN3O4S4. The number of nitrogens with one attached hydrogen (secondary N) is 2. The predicted molar refractivity (Wildman–Crippen MR) is 265 cm³/mol. The van der Waals surface area contributed by atoms with E-state index in [0.717, 1.165) is 83.7 Å². The van der Waals surface area contributed by atoms with E-state index in [1.165, 1.54) is 34.0 Å². The number of thioether (sulfide) groups is 2. The van der Waals surface area contributed by atoms with E-state index in [-0.39, 0.29) is 33.5 Å². The van der Waals surface area contributed by atoms with Gasteiger partial charge in [-0.1, -0.05) is 102 Å². The molecule has 2 saturated heterocycles. The Hall–Kier alpha value is -4.36. The average Bonchev–Trinajstić information content (AvgIpc) is 3.73. The first-order valence-corrected chi connectivity index (χ1v) is 23.8. The first kappa shape index (κ1) is 45.2. The van der Waals surface area contributed by atoms with Crippen molar-refractivity contribution in [3.63, 3.8) is 0 Å². The summed E-state index contributed by atoms with van der Waals surface area (Å²) in [5, 5.41) is 5.33. The topological polar surface area (TPSA) is 89.6 Å². The molecule has 3 heterocycles. The standard InChI is InChI=1S/C51H54FN3O4S4/c1-27-19-34-37(24-31(27)33-21-29(26-53-45(33)59-10)22-39-43(56)54-46(60)62-39)51(8,16-13-48(34,3)4)18-17-50(7)15-14-49(5,6)35-25-32(28(2)20-36(35)50)41-38(58-9)12-11-30(42(41)52)23-40-44(57)55-47(61)63-40/h11-12,19-26H,13-18H2,1-10H3,(H,54,56,60)(H,55,57,61)/b39-22-,40-23-. The molecule has 3 aromatic carbocycles. The van der Waals surface area contributed by atoms with Crippen molar-refractivity contribution >= 4 is 80.6 Å². The van der Waals surface area contributed by atoms with Crippen molar-refractivity contribution in [1.29, 1.82) is 0 Å². The summed E-state index contributed by atoms with van der Waals surface area (Å²) >= 11 is 12.8. The quantitative estimate of drug-likeness (QED) is 0.126. The van der Waals surface area contributed by atoms with Gasteiger partial charge < -0.3 is 20.1 Å². The number of rotatable bonds is 9. The molecule has 7 nitrogen and oxygen atoms in total. The average molecular weight is 920 g/mol. The van der Waals surface area contributed by atoms with Crippen molar-refractivity contribution in [3.05, 3.63) is 109 Å². The maximum Gasteiger partial charge on any atom is 0.263 e. The number of amides is 2. The fourth-order valence-corrected chi connectivity index (χ4v) is 12.1. The van der Waals surface area contributed by atoms with E-state index in [1.807, 2.05) is 6.08 Å². The monoisotopic (exact) mass is 919 g/mol. The second-order valence-electron chi connectivity index (χ2n) is 19.4. The minimum Gasteiger partial charge on any atom is -0.496 e. The zero-order valence-electron chi connectivity index (χ0n) is 37.6. The van der Waals surface area contributed by atoms with Crippen molar-refractivity contribution in [3.8, 4) is 33.9 Å². The summed E-state index contributed by atoms with van der Waals surface area (Å²) in [5.74, 6) is 0.0168. The Bertz CT molecular complexity index is 2720. The summed E-state index contributed by atoms with van der Waals surface area (Å²) < 4.78 is 29.3. The molecule has 2 fully saturated rings. The normalized spacial score (nSPS) is 23.7. The van der Waals surface area contributed by atoms with E-state index in [4.69, 9.17) is 38.9 Å². The minimum absolute atomic E-state index is 0.00371. The zero-order chi connectivity index (χ0) is 45.4. The fourth-order valence-electron chi connectivity index (χ4n) is 10.0. The van der Waals surface area contributed by atoms with Crippen molar-refractivity contribution < 1.29 is 23.5 Å². The Balaban J connectivity index is 1.17. The highest BCUT2D eigenvalue weighted by molar-refractivity contribution is 8.27. The van der Waals surface area contributed by atoms with Crippen LogP contribution in [0, 0.1) is 19.7 Å². The lowest BCUT2D eigenvalue weighted by molar-refractivity contribution is -0.116. The van der Waals surface area contributed by atoms with Crippen LogP contribution in [0.5, 0.6) is 11.6 Å². The molecule has 8 rings (SSSR count). The molecule has 1 aromatic heterocycles. The first-order chi connectivity index (χ1) is 29.7. The van der Waals surface area contributed by atoms with Gasteiger partial charge in [-0.2, -0.15) is 0 Å². The molecule has 2 atom stereocenters. The van der Waals surface area contributed by atoms with Gasteiger partial charge in [-0.25, -0.2) is 9.37 Å². The third kappa shape index (κ3) is 8.30. The van der Waals surface area contributed by atoms with Gasteiger partial charge in [-0.05, 0) is 167 Å². The molecule has 0 saturated carbocycles. The molecule has 0 spiro atoms. The Morgan fingerprint density at radius 3 is 1.78 bits per heavy atom. The van der Waals surface area contributed by atoms with Crippen LogP contribution >= 0.6 is 48.0 Å². The molecule has 2 aliphatic heterocycles. The van der Waals surface area contributed by atoms with E-state index < -0.39 is 5.82 Å². The van der Waals surface area contributed by atoms with E-state index in [0.29, 0.717) is 41.2 Å². The van der Waals surface area contributed by atoms with Gasteiger partial charge in [0.1, 0.15) is 20.2 Å². The van der Waals surface area contributed by atoms with Gasteiger partial charge in [-0.15, -0.1) is 0 Å². The lowest BCUT2D eigenvalue weighted by atomic mass is 9.56. The maximum absolute atomic E-state index is 16.8. The molecule has 0 radical (unpaired) electrons. The smallest absolute Gasteiger partial charge is 0.263 e. The third-order valence-corrected chi connectivity index (χ3v) is 16.5. The summed E-state index contributed by atoms with van der Waals surface area (Å²) in [6, 6.07) is 14.8. The Morgan fingerprint density at radius 2 is 1.22 bits per heavy atom. The van der Waals surface area contributed by atoms with Gasteiger partial charge in [-0.3, -0.25) is 9.59 Å². The van der Waals surface area contributed by atoms with Gasteiger partial charge in [0.15, 0.2) is 0 Å². The van der Waals surface area contributed by atoms with Gasteiger partial charge in [0.2, 0.25) is 5.88 Å². The SMILES string of the molecule is COc1ccc(/C=C2\SC(=S)NC2=O)c(F)c1-c1cc2c(cc1C)C(C)(CCC1(C)CCC(C)(C)c3cc(C)c(-c4cc(/C=C5\SC(=S)NC5=O)cnc4OC)cc31)CCC2(C)C. The number of hydrogen-bond donors (Lipinski definition) is 2. The zero-order valence-corrected chi connectivity index (χ0v) is 40.9. The van der Waals surface area contributed by atoms with Crippen LogP contribution in [0.25, 0.3) is 34.4 Å². The highest BCUT2D eigenvalue weighted by atomic mass is 32.2. The number of carbonyl (C=O) groups excluding carboxylic acids is 2. The molecule has 2 N–H and O–H groups in total. The lowest BCUT2D eigenvalue weighted by Crippen LogP contribution is -2.40. The number of methoxy groups -OCH3 is 2. The number of nitrogens with zero attached hydrogens (tertiary/aromatic N) is 1. The Labute approximate surface area is 389 Å². The Morgan fingerprint density at radius 1 is 0.698 bits per heavy atom. The van der Waals surface area contributed by atoms with E-state index in [1.54, 1.807) is 38.6 Å². The van der Waals surface area contributed by atoms with Crippen LogP contribution in [-0.2, 0) is 31.2 Å². The van der Waals surface area contributed by atoms with E-state index >= 15 is 4.39 Å². The number of aryl methyl sites for hydroxylation is 2. The van der Waals surface area contributed by atoms with Gasteiger partial charge >= 0.3 is 0 Å². The van der Waals surface area contributed by atoms with Crippen LogP contribution in [0.3, 0.4) is 0 Å². The first-order valence-electron chi connectivity index (χ1n) is 21.4. The number of hydrogen-bond acceptors (Lipinski definition) is 9. The van der Waals surface area contributed by atoms with Crippen LogP contribution < -0.4 is 20.1 Å². The van der Waals surface area contributed by atoms with Crippen LogP contribution in [0.4, 0.5) is 4.39 Å². The number of aromatic nitrogens is 1. The van der Waals surface area contributed by atoms with Crippen LogP contribution in [0.2, 0.25) is 0 Å². The van der Waals surface area contributed by atoms with Gasteiger partial charge in [0.25, 0.3) is 11.8 Å². The third-order valence-electron chi connectivity index (χ3n) is 14.2. The second-order valence-corrected chi connectivity index (χ2v) is 22.8. The van der Waals surface area contributed by atoms with Crippen molar-refractivity contribution in [2.24, 2.45) is 0 Å². The molecule has 0 bridgehead atoms. The summed E-state index contributed by atoms with van der Waals surface area (Å²) in [6.07, 6.45) is 11.2. The largest absolute Gasteiger partial charge is 0.496 e. The van der Waals surface area contributed by atoms with Gasteiger partial charge in [0, 0.05) is 17.3 Å². The molecule has 328 valence electrons. The summed E-state index contributed by atoms with van der Waals surface area (Å²) in [4.78, 5) is 30.7. The second kappa shape index (κ2) is 16.6. The lowest BCUT2D eigenvalue weighted by Gasteiger charge is -2.48. The fraction of sp³-hybridized carbons (Fsp3) is 0.392. The summed E-state index contributed by atoms with van der Waals surface area (Å²) in [6.45, 7) is 18.4. The molecule has 2 amide bonds. The molecule has 2 unspecified atom stereocenters. The van der Waals surface area contributed by atoms with Crippen molar-refractivity contribution in [2.75, 3.05) is 14.2 Å². The number of benzene rings is 3. The number of pyridine rings is 1. The number of ether oxygens (including phenoxy) is 2. The van der Waals surface area contributed by atoms with Crippen molar-refractivity contribution in [2.45, 2.75) is 116 Å². The number of thiocarbonyl (C=S) groups is 2. The molecule has 12 heteroatoms. The van der Waals surface area contributed by atoms with Crippen LogP contribution in [0.1, 0.15) is 125 Å². The number of fused-ring (bicyclic) bond motifs is 2. The highest BCUT2D eigenvalue weighted by Crippen LogP contribution is 2.55. The predicted octanol–water partition coefficient (Wildman–Crippen LogP) is 12.3. The van der Waals surface area contributed by atoms with E-state index in [2.05, 4.69) is 96.4 Å². The molecule has 2 aliphatic carbocycles.